The maximum absolute atomic E-state index is 17.6. The summed E-state index contributed by atoms with van der Waals surface area (Å²) in [5.41, 5.74) is 3.77. The quantitative estimate of drug-likeness (QED) is 0.0978. The van der Waals surface area contributed by atoms with Crippen LogP contribution in [0.1, 0.15) is 100.0 Å². The number of rotatable bonds is 9. The minimum Gasteiger partial charge on any atom is -0.461 e. The zero-order valence-corrected chi connectivity index (χ0v) is 39.7. The number of ether oxygens (including phenoxy) is 2. The number of benzene rings is 2. The average Bonchev–Trinajstić information content (AvgIpc) is 3.85. The minimum absolute atomic E-state index is 0.0275. The maximum atomic E-state index is 17.6. The van der Waals surface area contributed by atoms with Gasteiger partial charge in [-0.25, -0.2) is 13.6 Å². The first-order valence-electron chi connectivity index (χ1n) is 22.3. The fourth-order valence-corrected chi connectivity index (χ4v) is 17.4. The lowest BCUT2D eigenvalue weighted by Crippen LogP contribution is -2.57. The fraction of sp³-hybridized carbons (Fsp3) is 0.574. The van der Waals surface area contributed by atoms with Gasteiger partial charge >= 0.3 is 12.1 Å². The molecule has 4 aromatic rings. The second-order valence-corrected chi connectivity index (χ2v) is 27.3. The van der Waals surface area contributed by atoms with E-state index in [-0.39, 0.29) is 60.5 Å². The van der Waals surface area contributed by atoms with E-state index in [4.69, 9.17) is 24.4 Å². The monoisotopic (exact) mass is 902 g/mol. The largest absolute Gasteiger partial charge is 0.461 e. The van der Waals surface area contributed by atoms with Crippen LogP contribution >= 0.6 is 0 Å². The highest BCUT2D eigenvalue weighted by atomic mass is 32.2. The van der Waals surface area contributed by atoms with Crippen molar-refractivity contribution in [2.75, 3.05) is 37.7 Å². The minimum atomic E-state index is -4.28. The molecule has 4 saturated heterocycles. The Hall–Kier alpha value is -4.43. The molecule has 0 saturated carbocycles. The average molecular weight is 903 g/mol. The number of hydrogen-bond acceptors (Lipinski definition) is 10. The number of anilines is 1. The third-order valence-corrected chi connectivity index (χ3v) is 21.7. The van der Waals surface area contributed by atoms with E-state index in [0.717, 1.165) is 19.3 Å². The van der Waals surface area contributed by atoms with Gasteiger partial charge in [-0.2, -0.15) is 18.4 Å². The Morgan fingerprint density at radius 3 is 2.32 bits per heavy atom. The van der Waals surface area contributed by atoms with Crippen LogP contribution in [-0.4, -0.2) is 113 Å². The van der Waals surface area contributed by atoms with E-state index < -0.39 is 46.2 Å². The van der Waals surface area contributed by atoms with Gasteiger partial charge in [-0.3, -0.25) is 19.3 Å². The highest BCUT2D eigenvalue weighted by Crippen LogP contribution is 2.44. The molecule has 0 aliphatic carbocycles. The Balaban J connectivity index is 1.25. The van der Waals surface area contributed by atoms with Crippen molar-refractivity contribution < 1.29 is 36.0 Å². The number of piperazine rings is 1. The van der Waals surface area contributed by atoms with E-state index in [2.05, 4.69) is 53.0 Å². The number of nitrogens with zero attached hydrogens (tertiary/aromatic N) is 6. The van der Waals surface area contributed by atoms with Crippen molar-refractivity contribution in [3.8, 4) is 28.7 Å². The van der Waals surface area contributed by atoms with Gasteiger partial charge in [0.15, 0.2) is 5.82 Å². The van der Waals surface area contributed by atoms with Gasteiger partial charge in [0.2, 0.25) is 0 Å². The highest BCUT2D eigenvalue weighted by Gasteiger charge is 2.53. The number of hydrogen-bond donors (Lipinski definition) is 1. The molecule has 0 spiro atoms. The Bertz CT molecular complexity index is 2590. The van der Waals surface area contributed by atoms with E-state index in [1.54, 1.807) is 24.4 Å². The first-order chi connectivity index (χ1) is 29.6. The fourth-order valence-electron chi connectivity index (χ4n) is 11.3. The Labute approximate surface area is 370 Å². The van der Waals surface area contributed by atoms with Gasteiger partial charge < -0.3 is 14.4 Å². The lowest BCUT2D eigenvalue weighted by atomic mass is 9.95. The van der Waals surface area contributed by atoms with Crippen LogP contribution in [0.4, 0.5) is 19.4 Å². The predicted molar refractivity (Wildman–Crippen MR) is 244 cm³/mol. The number of carbonyl (C=O) groups is 1. The third-order valence-electron chi connectivity index (χ3n) is 14.2. The Morgan fingerprint density at radius 1 is 1.00 bits per heavy atom. The van der Waals surface area contributed by atoms with Gasteiger partial charge in [-0.15, -0.1) is 5.54 Å². The van der Waals surface area contributed by atoms with Crippen molar-refractivity contribution in [3.05, 3.63) is 53.7 Å². The summed E-state index contributed by atoms with van der Waals surface area (Å²) >= 11 is 0. The van der Waals surface area contributed by atoms with Crippen LogP contribution in [0.15, 0.2) is 36.5 Å². The second-order valence-electron chi connectivity index (χ2n) is 20.1. The molecule has 12 nitrogen and oxygen atoms in total. The lowest BCUT2D eigenvalue weighted by molar-refractivity contribution is 0.0122. The van der Waals surface area contributed by atoms with E-state index >= 15 is 8.78 Å². The highest BCUT2D eigenvalue weighted by molar-refractivity contribution is 7.86. The molecular weight excluding hydrogens is 843 g/mol. The molecule has 4 fully saturated rings. The van der Waals surface area contributed by atoms with Crippen molar-refractivity contribution in [3.63, 3.8) is 0 Å². The van der Waals surface area contributed by atoms with Gasteiger partial charge in [0.05, 0.1) is 28.6 Å². The van der Waals surface area contributed by atoms with Gasteiger partial charge in [0.25, 0.3) is 10.1 Å². The summed E-state index contributed by atoms with van der Waals surface area (Å²) in [5, 5.41) is 0.550. The maximum Gasteiger partial charge on any atom is 0.410 e. The summed E-state index contributed by atoms with van der Waals surface area (Å²) in [5.74, 6) is 2.48. The molecule has 8 rings (SSSR count). The first-order valence-corrected chi connectivity index (χ1v) is 26.1. The van der Waals surface area contributed by atoms with Crippen molar-refractivity contribution in [1.29, 1.82) is 0 Å². The standard InChI is InChI=1S/C47H60F2N6O6SSi/c1-28(2)63(29(3)4,30(5)6)21-18-35-38(48)17-14-31-12-10-13-36(39(31)35)41-40(49)42-37(23-50-41)43(53-24-32-15-16-33(25-53)55(32)45(56)61-46(7,8)9)52-44(51-42)60-27-47-19-11-20-54(47)26-34(22-47)62(57,58)59/h10,12-14,17,23,28-30,32-34H,11,15-16,19-20,22,24-27H2,1-9H3,(H,57,58,59)/t32-,33+,34-,47+/m1/s1. The molecule has 6 heterocycles. The van der Waals surface area contributed by atoms with Crippen molar-refractivity contribution in [1.82, 2.24) is 24.8 Å². The van der Waals surface area contributed by atoms with Crippen molar-refractivity contribution >= 4 is 51.8 Å². The van der Waals surface area contributed by atoms with Crippen LogP contribution in [0.3, 0.4) is 0 Å². The number of halogens is 2. The number of fused-ring (bicyclic) bond motifs is 5. The van der Waals surface area contributed by atoms with Gasteiger partial charge in [0, 0.05) is 36.8 Å². The normalized spacial score (nSPS) is 23.0. The zero-order chi connectivity index (χ0) is 45.4. The van der Waals surface area contributed by atoms with Crippen LogP contribution in [0, 0.1) is 23.1 Å². The molecule has 2 aromatic carbocycles. The molecule has 63 heavy (non-hydrogen) atoms. The molecule has 16 heteroatoms. The lowest BCUT2D eigenvalue weighted by Gasteiger charge is -2.42. The van der Waals surface area contributed by atoms with E-state index in [0.29, 0.717) is 70.2 Å². The molecule has 1 N–H and O–H groups in total. The smallest absolute Gasteiger partial charge is 0.410 e. The predicted octanol–water partition coefficient (Wildman–Crippen LogP) is 9.15. The SMILES string of the molecule is CC(C)[Si](C#Cc1c(F)ccc2cccc(-c3ncc4c(N5C[C@H]6CC[C@@H](C5)N6C(=O)OC(C)(C)C)nc(OC[C@@]56CCCN5C[C@H](S(=O)(=O)O)C6)nc4c3F)c12)(C(C)C)C(C)C. The zero-order valence-electron chi connectivity index (χ0n) is 37.8. The van der Waals surface area contributed by atoms with Crippen LogP contribution < -0.4 is 9.64 Å². The van der Waals surface area contributed by atoms with Crippen LogP contribution in [-0.2, 0) is 14.9 Å². The molecular formula is C47H60F2N6O6SSi. The van der Waals surface area contributed by atoms with Crippen LogP contribution in [0.2, 0.25) is 16.6 Å². The van der Waals surface area contributed by atoms with Crippen LogP contribution in [0.25, 0.3) is 32.9 Å². The van der Waals surface area contributed by atoms with Crippen molar-refractivity contribution in [2.24, 2.45) is 0 Å². The molecule has 4 atom stereocenters. The summed E-state index contributed by atoms with van der Waals surface area (Å²) in [6.07, 6.45) is 4.36. The second kappa shape index (κ2) is 16.5. The van der Waals surface area contributed by atoms with E-state index in [1.807, 2.05) is 41.5 Å². The van der Waals surface area contributed by atoms with Gasteiger partial charge in [-0.1, -0.05) is 71.7 Å². The summed E-state index contributed by atoms with van der Waals surface area (Å²) in [6.45, 7) is 20.4. The summed E-state index contributed by atoms with van der Waals surface area (Å²) < 4.78 is 80.5. The molecule has 0 radical (unpaired) electrons. The molecule has 4 aliphatic heterocycles. The number of amides is 1. The summed E-state index contributed by atoms with van der Waals surface area (Å²) in [7, 11) is -6.57. The first kappa shape index (κ1) is 45.1. The van der Waals surface area contributed by atoms with Crippen molar-refractivity contribution in [2.45, 2.75) is 140 Å². The number of aromatic nitrogens is 3. The Morgan fingerprint density at radius 2 is 1.68 bits per heavy atom. The van der Waals surface area contributed by atoms with E-state index in [1.165, 1.54) is 6.07 Å². The number of pyridine rings is 1. The summed E-state index contributed by atoms with van der Waals surface area (Å²) in [6, 6.07) is 8.02. The van der Waals surface area contributed by atoms with Crippen LogP contribution in [0.5, 0.6) is 6.01 Å². The topological polar surface area (TPSA) is 138 Å². The molecule has 338 valence electrons. The molecule has 1 amide bonds. The molecule has 2 bridgehead atoms. The third kappa shape index (κ3) is 8.16. The summed E-state index contributed by atoms with van der Waals surface area (Å²) in [4.78, 5) is 33.6. The molecule has 2 aromatic heterocycles. The van der Waals surface area contributed by atoms with E-state index in [9.17, 15) is 17.8 Å². The number of carbonyl (C=O) groups excluding carboxylic acids is 1. The van der Waals surface area contributed by atoms with Gasteiger partial charge in [-0.05, 0) is 87.5 Å². The molecule has 4 aliphatic rings. The van der Waals surface area contributed by atoms with Gasteiger partial charge in [0.1, 0.15) is 48.4 Å². The Kier molecular flexibility index (Phi) is 11.8. The molecule has 0 unspecified atom stereocenters.